The lowest BCUT2D eigenvalue weighted by atomic mass is 10.1. The van der Waals surface area contributed by atoms with Crippen LogP contribution >= 0.6 is 23.4 Å². The van der Waals surface area contributed by atoms with E-state index in [1.165, 1.54) is 69.8 Å². The number of nitrogens with zero attached hydrogens (tertiary/aromatic N) is 1. The molecule has 1 aliphatic heterocycles. The van der Waals surface area contributed by atoms with Gasteiger partial charge in [-0.25, -0.2) is 0 Å². The van der Waals surface area contributed by atoms with Gasteiger partial charge in [-0.15, -0.1) is 11.8 Å². The fourth-order valence-electron chi connectivity index (χ4n) is 4.47. The molecule has 0 bridgehead atoms. The molecule has 0 radical (unpaired) electrons. The average Bonchev–Trinajstić information content (AvgIpc) is 3.41. The highest BCUT2D eigenvalue weighted by Gasteiger charge is 2.13. The quantitative estimate of drug-likeness (QED) is 0.190. The molecule has 4 nitrogen and oxygen atoms in total. The van der Waals surface area contributed by atoms with Crippen molar-refractivity contribution in [2.24, 2.45) is 0 Å². The van der Waals surface area contributed by atoms with Crippen LogP contribution in [-0.2, 0) is 6.54 Å². The van der Waals surface area contributed by atoms with Crippen molar-refractivity contribution in [1.82, 2.24) is 4.90 Å². The van der Waals surface area contributed by atoms with Crippen LogP contribution in [0.4, 0.5) is 5.69 Å². The van der Waals surface area contributed by atoms with Crippen LogP contribution < -0.4 is 10.1 Å². The Morgan fingerprint density at radius 3 is 2.19 bits per heavy atom. The van der Waals surface area contributed by atoms with Crippen molar-refractivity contribution < 1.29 is 9.53 Å². The number of carbonyl (C=O) groups excluding carboxylic acids is 1. The van der Waals surface area contributed by atoms with Gasteiger partial charge in [0.2, 0.25) is 0 Å². The van der Waals surface area contributed by atoms with Gasteiger partial charge in [0.05, 0.1) is 23.2 Å². The van der Waals surface area contributed by atoms with Crippen LogP contribution in [0, 0.1) is 0 Å². The van der Waals surface area contributed by atoms with Crippen LogP contribution in [0.2, 0.25) is 5.02 Å². The summed E-state index contributed by atoms with van der Waals surface area (Å²) in [6.07, 6.45) is 17.8. The van der Waals surface area contributed by atoms with Crippen LogP contribution in [0.15, 0.2) is 54.1 Å². The fourth-order valence-corrected chi connectivity index (χ4v) is 5.41. The Bertz CT molecular complexity index is 964. The molecule has 202 valence electrons. The number of hydrogen-bond donors (Lipinski definition) is 1. The van der Waals surface area contributed by atoms with Crippen LogP contribution in [0.25, 0.3) is 0 Å². The summed E-state index contributed by atoms with van der Waals surface area (Å²) in [5.41, 5.74) is 2.40. The number of para-hydroxylation sites is 1. The first-order valence-electron chi connectivity index (χ1n) is 14.0. The van der Waals surface area contributed by atoms with Gasteiger partial charge in [-0.3, -0.25) is 4.79 Å². The SMILES string of the molecule is CCCCCCCCCCCCCCOc1c(Cl)cccc1NC(=O)c1ccc(CN2C=CSC2)cc1. The number of amides is 1. The van der Waals surface area contributed by atoms with E-state index < -0.39 is 0 Å². The van der Waals surface area contributed by atoms with Gasteiger partial charge in [0, 0.05) is 18.3 Å². The minimum atomic E-state index is -0.166. The first-order chi connectivity index (χ1) is 18.2. The van der Waals surface area contributed by atoms with E-state index in [1.807, 2.05) is 36.4 Å². The molecule has 0 aromatic heterocycles. The topological polar surface area (TPSA) is 41.6 Å². The highest BCUT2D eigenvalue weighted by molar-refractivity contribution is 8.02. The van der Waals surface area contributed by atoms with E-state index in [-0.39, 0.29) is 5.91 Å². The number of anilines is 1. The Morgan fingerprint density at radius 1 is 0.919 bits per heavy atom. The molecule has 0 atom stereocenters. The van der Waals surface area contributed by atoms with Gasteiger partial charge >= 0.3 is 0 Å². The lowest BCUT2D eigenvalue weighted by Gasteiger charge is -2.15. The van der Waals surface area contributed by atoms with Crippen molar-refractivity contribution in [3.63, 3.8) is 0 Å². The normalized spacial score (nSPS) is 12.8. The average molecular weight is 543 g/mol. The highest BCUT2D eigenvalue weighted by atomic mass is 35.5. The Labute approximate surface area is 233 Å². The van der Waals surface area contributed by atoms with Crippen molar-refractivity contribution in [3.8, 4) is 5.75 Å². The van der Waals surface area contributed by atoms with Gasteiger partial charge in [0.1, 0.15) is 0 Å². The number of nitrogens with one attached hydrogen (secondary N) is 1. The fraction of sp³-hybridized carbons (Fsp3) is 0.516. The summed E-state index contributed by atoms with van der Waals surface area (Å²) < 4.78 is 6.03. The summed E-state index contributed by atoms with van der Waals surface area (Å²) in [5, 5.41) is 5.60. The van der Waals surface area contributed by atoms with Gasteiger partial charge in [-0.1, -0.05) is 107 Å². The second kappa shape index (κ2) is 17.4. The molecule has 1 heterocycles. The van der Waals surface area contributed by atoms with Gasteiger partial charge in [0.15, 0.2) is 5.75 Å². The second-order valence-corrected chi connectivity index (χ2v) is 11.1. The largest absolute Gasteiger partial charge is 0.490 e. The number of ether oxygens (including phenoxy) is 1. The number of rotatable bonds is 18. The van der Waals surface area contributed by atoms with E-state index >= 15 is 0 Å². The predicted octanol–water partition coefficient (Wildman–Crippen LogP) is 9.65. The summed E-state index contributed by atoms with van der Waals surface area (Å²) in [4.78, 5) is 15.1. The van der Waals surface area contributed by atoms with Crippen molar-refractivity contribution >= 4 is 35.0 Å². The van der Waals surface area contributed by atoms with Gasteiger partial charge < -0.3 is 15.0 Å². The third kappa shape index (κ3) is 11.0. The Morgan fingerprint density at radius 2 is 1.57 bits per heavy atom. The summed E-state index contributed by atoms with van der Waals surface area (Å²) in [7, 11) is 0. The standard InChI is InChI=1S/C31H43ClN2O2S/c1-2-3-4-5-6-7-8-9-10-11-12-13-22-36-30-28(32)15-14-16-29(30)33-31(35)27-19-17-26(18-20-27)24-34-21-23-37-25-34/h14-21,23H,2-13,22,24-25H2,1H3,(H,33,35). The van der Waals surface area contributed by atoms with E-state index in [0.29, 0.717) is 28.6 Å². The zero-order valence-corrected chi connectivity index (χ0v) is 23.9. The zero-order chi connectivity index (χ0) is 26.1. The van der Waals surface area contributed by atoms with Crippen molar-refractivity contribution in [1.29, 1.82) is 0 Å². The molecule has 37 heavy (non-hydrogen) atoms. The molecular formula is C31H43ClN2O2S. The van der Waals surface area contributed by atoms with E-state index in [2.05, 4.69) is 28.7 Å². The number of halogens is 1. The van der Waals surface area contributed by atoms with Crippen LogP contribution in [0.5, 0.6) is 5.75 Å². The lowest BCUT2D eigenvalue weighted by molar-refractivity contribution is 0.102. The zero-order valence-electron chi connectivity index (χ0n) is 22.4. The van der Waals surface area contributed by atoms with Gasteiger partial charge in [-0.2, -0.15) is 0 Å². The van der Waals surface area contributed by atoms with Crippen LogP contribution in [-0.4, -0.2) is 23.3 Å². The number of carbonyl (C=O) groups is 1. The molecule has 0 spiro atoms. The van der Waals surface area contributed by atoms with Crippen molar-refractivity contribution in [3.05, 3.63) is 70.2 Å². The van der Waals surface area contributed by atoms with Crippen molar-refractivity contribution in [2.75, 3.05) is 17.8 Å². The monoisotopic (exact) mass is 542 g/mol. The Balaban J connectivity index is 1.35. The van der Waals surface area contributed by atoms with Gasteiger partial charge in [0.25, 0.3) is 5.91 Å². The first kappa shape index (κ1) is 29.4. The summed E-state index contributed by atoms with van der Waals surface area (Å²) in [6.45, 7) is 3.71. The molecule has 2 aromatic rings. The Kier molecular flexibility index (Phi) is 13.9. The second-order valence-electron chi connectivity index (χ2n) is 9.83. The summed E-state index contributed by atoms with van der Waals surface area (Å²) in [6, 6.07) is 13.2. The molecule has 0 saturated heterocycles. The number of benzene rings is 2. The lowest BCUT2D eigenvalue weighted by Crippen LogP contribution is -2.14. The Hall–Kier alpha value is -2.11. The maximum Gasteiger partial charge on any atom is 0.255 e. The van der Waals surface area contributed by atoms with Gasteiger partial charge in [-0.05, 0) is 41.7 Å². The third-order valence-corrected chi connectivity index (χ3v) is 7.76. The molecule has 6 heteroatoms. The van der Waals surface area contributed by atoms with E-state index in [9.17, 15) is 4.79 Å². The highest BCUT2D eigenvalue weighted by Crippen LogP contribution is 2.33. The minimum Gasteiger partial charge on any atom is -0.490 e. The maximum atomic E-state index is 12.9. The maximum absolute atomic E-state index is 12.9. The summed E-state index contributed by atoms with van der Waals surface area (Å²) in [5.74, 6) is 1.36. The number of unbranched alkanes of at least 4 members (excludes halogenated alkanes) is 11. The molecule has 1 aliphatic rings. The number of hydrogen-bond acceptors (Lipinski definition) is 4. The molecule has 2 aromatic carbocycles. The smallest absolute Gasteiger partial charge is 0.255 e. The molecule has 0 unspecified atom stereocenters. The molecule has 1 amide bonds. The van der Waals surface area contributed by atoms with Crippen LogP contribution in [0.1, 0.15) is 99.9 Å². The number of thioether (sulfide) groups is 1. The molecule has 0 saturated carbocycles. The minimum absolute atomic E-state index is 0.166. The predicted molar refractivity (Wildman–Crippen MR) is 160 cm³/mol. The van der Waals surface area contributed by atoms with E-state index in [0.717, 1.165) is 25.3 Å². The molecule has 0 fully saturated rings. The third-order valence-electron chi connectivity index (χ3n) is 6.67. The first-order valence-corrected chi connectivity index (χ1v) is 15.4. The van der Waals surface area contributed by atoms with Crippen molar-refractivity contribution in [2.45, 2.75) is 90.5 Å². The van der Waals surface area contributed by atoms with E-state index in [4.69, 9.17) is 16.3 Å². The van der Waals surface area contributed by atoms with E-state index in [1.54, 1.807) is 17.8 Å². The van der Waals surface area contributed by atoms with Crippen LogP contribution in [0.3, 0.4) is 0 Å². The molecule has 1 N–H and O–H groups in total. The molecule has 0 aliphatic carbocycles. The summed E-state index contributed by atoms with van der Waals surface area (Å²) >= 11 is 8.21. The molecular weight excluding hydrogens is 500 g/mol. The molecule has 3 rings (SSSR count).